The molecule has 0 aliphatic heterocycles. The van der Waals surface area contributed by atoms with Gasteiger partial charge in [0.25, 0.3) is 0 Å². The molecule has 0 spiro atoms. The van der Waals surface area contributed by atoms with Gasteiger partial charge in [-0.15, -0.1) is 0 Å². The fraction of sp³-hybridized carbons (Fsp3) is 0.857. The molecule has 1 saturated carbocycles. The van der Waals surface area contributed by atoms with Crippen LogP contribution >= 0.6 is 0 Å². The summed E-state index contributed by atoms with van der Waals surface area (Å²) in [4.78, 5) is 22.5. The molecule has 110 valence electrons. The van der Waals surface area contributed by atoms with Crippen LogP contribution in [0.1, 0.15) is 58.3 Å². The fourth-order valence-electron chi connectivity index (χ4n) is 2.41. The first-order valence-electron chi connectivity index (χ1n) is 7.41. The molecular weight excluding hydrogens is 242 g/mol. The summed E-state index contributed by atoms with van der Waals surface area (Å²) in [6.07, 6.45) is 8.02. The van der Waals surface area contributed by atoms with Gasteiger partial charge in [0.05, 0.1) is 6.04 Å². The molecule has 5 nitrogen and oxygen atoms in total. The highest BCUT2D eigenvalue weighted by molar-refractivity contribution is 5.81. The molecule has 4 N–H and O–H groups in total. The first-order valence-corrected chi connectivity index (χ1v) is 7.41. The largest absolute Gasteiger partial charge is 0.370 e. The van der Waals surface area contributed by atoms with Gasteiger partial charge in [-0.2, -0.15) is 0 Å². The summed E-state index contributed by atoms with van der Waals surface area (Å²) in [5, 5.41) is 6.28. The lowest BCUT2D eigenvalue weighted by atomic mass is 9.95. The van der Waals surface area contributed by atoms with Gasteiger partial charge in [0.15, 0.2) is 0 Å². The van der Waals surface area contributed by atoms with Gasteiger partial charge in [-0.3, -0.25) is 9.59 Å². The Kier molecular flexibility index (Phi) is 7.48. The van der Waals surface area contributed by atoms with Crippen molar-refractivity contribution in [3.8, 4) is 0 Å². The van der Waals surface area contributed by atoms with Gasteiger partial charge in [-0.05, 0) is 39.2 Å². The second-order valence-electron chi connectivity index (χ2n) is 5.44. The summed E-state index contributed by atoms with van der Waals surface area (Å²) in [5.74, 6) is -0.176. The molecule has 1 rings (SSSR count). The van der Waals surface area contributed by atoms with E-state index in [1.807, 2.05) is 6.92 Å². The van der Waals surface area contributed by atoms with Crippen LogP contribution in [0.5, 0.6) is 0 Å². The van der Waals surface area contributed by atoms with Crippen LogP contribution in [0.15, 0.2) is 0 Å². The predicted octanol–water partition coefficient (Wildman–Crippen LogP) is 1.07. The maximum absolute atomic E-state index is 11.9. The van der Waals surface area contributed by atoms with Crippen LogP contribution in [0.2, 0.25) is 0 Å². The van der Waals surface area contributed by atoms with Gasteiger partial charge in [0, 0.05) is 12.5 Å². The van der Waals surface area contributed by atoms with Crippen LogP contribution in [0.3, 0.4) is 0 Å². The minimum atomic E-state index is -0.261. The Morgan fingerprint density at radius 3 is 2.53 bits per heavy atom. The van der Waals surface area contributed by atoms with E-state index < -0.39 is 0 Å². The number of unbranched alkanes of at least 4 members (excludes halogenated alkanes) is 1. The molecule has 1 aliphatic carbocycles. The molecule has 1 fully saturated rings. The molecule has 0 saturated heterocycles. The van der Waals surface area contributed by atoms with Gasteiger partial charge in [0.2, 0.25) is 11.8 Å². The van der Waals surface area contributed by atoms with Crippen molar-refractivity contribution < 1.29 is 9.59 Å². The maximum atomic E-state index is 11.9. The lowest BCUT2D eigenvalue weighted by Gasteiger charge is -2.24. The monoisotopic (exact) mass is 269 g/mol. The van der Waals surface area contributed by atoms with Crippen molar-refractivity contribution in [2.45, 2.75) is 70.4 Å². The molecule has 1 unspecified atom stereocenters. The lowest BCUT2D eigenvalue weighted by Crippen LogP contribution is -2.47. The van der Waals surface area contributed by atoms with Gasteiger partial charge in [-0.25, -0.2) is 0 Å². The van der Waals surface area contributed by atoms with E-state index in [1.165, 1.54) is 19.3 Å². The van der Waals surface area contributed by atoms with E-state index in [9.17, 15) is 9.59 Å². The minimum Gasteiger partial charge on any atom is -0.370 e. The average Bonchev–Trinajstić information content (AvgIpc) is 2.38. The van der Waals surface area contributed by atoms with Crippen molar-refractivity contribution >= 4 is 11.8 Å². The van der Waals surface area contributed by atoms with Crippen molar-refractivity contribution in [3.05, 3.63) is 0 Å². The van der Waals surface area contributed by atoms with Gasteiger partial charge in [-0.1, -0.05) is 19.3 Å². The Morgan fingerprint density at radius 1 is 1.21 bits per heavy atom. The molecule has 0 aromatic heterocycles. The quantitative estimate of drug-likeness (QED) is 0.576. The topological polar surface area (TPSA) is 84.2 Å². The number of carbonyl (C=O) groups excluding carboxylic acids is 2. The number of hydrogen-bond acceptors (Lipinski definition) is 3. The SMILES string of the molecule is CC(NCCCCC(N)=O)C(=O)NC1CCCCC1. The van der Waals surface area contributed by atoms with Crippen molar-refractivity contribution in [3.63, 3.8) is 0 Å². The van der Waals surface area contributed by atoms with Crippen molar-refractivity contribution in [2.24, 2.45) is 5.73 Å². The molecular formula is C14H27N3O2. The highest BCUT2D eigenvalue weighted by Gasteiger charge is 2.18. The molecule has 0 radical (unpaired) electrons. The number of primary amides is 1. The van der Waals surface area contributed by atoms with E-state index in [-0.39, 0.29) is 17.9 Å². The zero-order chi connectivity index (χ0) is 14.1. The number of nitrogens with two attached hydrogens (primary N) is 1. The standard InChI is InChI=1S/C14H27N3O2/c1-11(16-10-6-5-9-13(15)18)14(19)17-12-7-3-2-4-8-12/h11-12,16H,2-10H2,1H3,(H2,15,18)(H,17,19). The summed E-state index contributed by atoms with van der Waals surface area (Å²) in [6.45, 7) is 2.62. The van der Waals surface area contributed by atoms with Gasteiger partial charge >= 0.3 is 0 Å². The number of nitrogens with one attached hydrogen (secondary N) is 2. The molecule has 2 amide bonds. The Balaban J connectivity index is 2.08. The minimum absolute atomic E-state index is 0.0850. The van der Waals surface area contributed by atoms with Crippen LogP contribution < -0.4 is 16.4 Å². The van der Waals surface area contributed by atoms with E-state index >= 15 is 0 Å². The zero-order valence-corrected chi connectivity index (χ0v) is 11.9. The predicted molar refractivity (Wildman–Crippen MR) is 75.5 cm³/mol. The summed E-state index contributed by atoms with van der Waals surface area (Å²) >= 11 is 0. The molecule has 0 heterocycles. The molecule has 0 aromatic rings. The zero-order valence-electron chi connectivity index (χ0n) is 11.9. The second-order valence-corrected chi connectivity index (χ2v) is 5.44. The highest BCUT2D eigenvalue weighted by atomic mass is 16.2. The number of carbonyl (C=O) groups is 2. The molecule has 19 heavy (non-hydrogen) atoms. The van der Waals surface area contributed by atoms with Crippen LogP contribution in [0.4, 0.5) is 0 Å². The van der Waals surface area contributed by atoms with E-state index in [1.54, 1.807) is 0 Å². The molecule has 1 aliphatic rings. The Morgan fingerprint density at radius 2 is 1.89 bits per heavy atom. The third-order valence-corrected chi connectivity index (χ3v) is 3.65. The van der Waals surface area contributed by atoms with Crippen molar-refractivity contribution in [2.75, 3.05) is 6.54 Å². The van der Waals surface area contributed by atoms with Crippen LogP contribution in [-0.4, -0.2) is 30.4 Å². The molecule has 0 bridgehead atoms. The third-order valence-electron chi connectivity index (χ3n) is 3.65. The van der Waals surface area contributed by atoms with E-state index in [2.05, 4.69) is 10.6 Å². The van der Waals surface area contributed by atoms with E-state index in [0.717, 1.165) is 32.2 Å². The summed E-state index contributed by atoms with van der Waals surface area (Å²) < 4.78 is 0. The fourth-order valence-corrected chi connectivity index (χ4v) is 2.41. The Hall–Kier alpha value is -1.10. The van der Waals surface area contributed by atoms with Crippen molar-refractivity contribution in [1.29, 1.82) is 0 Å². The van der Waals surface area contributed by atoms with Gasteiger partial charge < -0.3 is 16.4 Å². The summed E-state index contributed by atoms with van der Waals surface area (Å²) in [6, 6.07) is 0.191. The van der Waals surface area contributed by atoms with E-state index in [0.29, 0.717) is 12.5 Å². The highest BCUT2D eigenvalue weighted by Crippen LogP contribution is 2.17. The third kappa shape index (κ3) is 7.15. The number of hydrogen-bond donors (Lipinski definition) is 3. The maximum Gasteiger partial charge on any atom is 0.237 e. The smallest absolute Gasteiger partial charge is 0.237 e. The summed E-state index contributed by atoms with van der Waals surface area (Å²) in [5.41, 5.74) is 5.06. The lowest BCUT2D eigenvalue weighted by molar-refractivity contribution is -0.123. The number of amides is 2. The first kappa shape index (κ1) is 16.0. The summed E-state index contributed by atoms with van der Waals surface area (Å²) in [7, 11) is 0. The van der Waals surface area contributed by atoms with Crippen LogP contribution in [0, 0.1) is 0 Å². The Labute approximate surface area is 115 Å². The Bertz CT molecular complexity index is 288. The van der Waals surface area contributed by atoms with Gasteiger partial charge in [0.1, 0.15) is 0 Å². The van der Waals surface area contributed by atoms with Crippen LogP contribution in [-0.2, 0) is 9.59 Å². The normalized spacial score (nSPS) is 17.9. The second kappa shape index (κ2) is 8.91. The first-order chi connectivity index (χ1) is 9.09. The average molecular weight is 269 g/mol. The number of rotatable bonds is 8. The van der Waals surface area contributed by atoms with Crippen LogP contribution in [0.25, 0.3) is 0 Å². The van der Waals surface area contributed by atoms with Crippen molar-refractivity contribution in [1.82, 2.24) is 10.6 Å². The molecule has 5 heteroatoms. The molecule has 0 aromatic carbocycles. The van der Waals surface area contributed by atoms with E-state index in [4.69, 9.17) is 5.73 Å². The molecule has 1 atom stereocenters.